The van der Waals surface area contributed by atoms with Crippen molar-refractivity contribution in [1.82, 2.24) is 9.55 Å². The molecule has 0 bridgehead atoms. The number of aromatic nitrogens is 2. The molecule has 0 aliphatic heterocycles. The molecule has 0 saturated carbocycles. The van der Waals surface area contributed by atoms with Gasteiger partial charge in [-0.05, 0) is 22.4 Å². The lowest BCUT2D eigenvalue weighted by molar-refractivity contribution is 0.263. The molecule has 15 heavy (non-hydrogen) atoms. The summed E-state index contributed by atoms with van der Waals surface area (Å²) in [5, 5.41) is 13.1. The van der Waals surface area contributed by atoms with Crippen LogP contribution in [0.15, 0.2) is 29.4 Å². The highest BCUT2D eigenvalue weighted by Crippen LogP contribution is 2.13. The molecule has 0 aliphatic rings. The first-order valence-electron chi connectivity index (χ1n) is 4.69. The van der Waals surface area contributed by atoms with Gasteiger partial charge < -0.3 is 15.4 Å². The Balaban J connectivity index is 2.18. The third-order valence-corrected chi connectivity index (χ3v) is 2.99. The second-order valence-electron chi connectivity index (χ2n) is 3.37. The third kappa shape index (κ3) is 2.26. The molecule has 80 valence electrons. The quantitative estimate of drug-likeness (QED) is 0.812. The number of aliphatic hydroxyl groups excluding tert-OH is 1. The van der Waals surface area contributed by atoms with E-state index in [4.69, 9.17) is 10.8 Å². The largest absolute Gasteiger partial charge is 0.394 e. The Morgan fingerprint density at radius 3 is 3.13 bits per heavy atom. The normalized spacial score (nSPS) is 12.9. The van der Waals surface area contributed by atoms with Crippen molar-refractivity contribution >= 4 is 11.3 Å². The van der Waals surface area contributed by atoms with E-state index in [2.05, 4.69) is 16.4 Å². The van der Waals surface area contributed by atoms with Crippen LogP contribution in [-0.2, 0) is 6.54 Å². The van der Waals surface area contributed by atoms with Crippen molar-refractivity contribution in [3.63, 3.8) is 0 Å². The van der Waals surface area contributed by atoms with Crippen LogP contribution in [0, 0.1) is 0 Å². The highest BCUT2D eigenvalue weighted by molar-refractivity contribution is 7.07. The Bertz CT molecular complexity index is 410. The lowest BCUT2D eigenvalue weighted by atomic mass is 10.2. The molecule has 1 atom stereocenters. The first kappa shape index (κ1) is 10.4. The minimum atomic E-state index is -0.355. The summed E-state index contributed by atoms with van der Waals surface area (Å²) in [4.78, 5) is 4.05. The van der Waals surface area contributed by atoms with E-state index in [9.17, 15) is 0 Å². The number of hydrogen-bond acceptors (Lipinski definition) is 4. The smallest absolute Gasteiger partial charge is 0.0951 e. The van der Waals surface area contributed by atoms with Crippen LogP contribution in [0.5, 0.6) is 0 Å². The molecular formula is C10H13N3OS. The van der Waals surface area contributed by atoms with Crippen LogP contribution in [0.3, 0.4) is 0 Å². The van der Waals surface area contributed by atoms with Gasteiger partial charge in [-0.15, -0.1) is 0 Å². The van der Waals surface area contributed by atoms with Gasteiger partial charge in [0.15, 0.2) is 0 Å². The van der Waals surface area contributed by atoms with Crippen LogP contribution in [0.2, 0.25) is 0 Å². The average molecular weight is 223 g/mol. The Morgan fingerprint density at radius 1 is 1.60 bits per heavy atom. The first-order chi connectivity index (χ1) is 7.31. The van der Waals surface area contributed by atoms with Crippen LogP contribution in [-0.4, -0.2) is 21.3 Å². The Labute approximate surface area is 92.0 Å². The molecule has 0 aromatic carbocycles. The summed E-state index contributed by atoms with van der Waals surface area (Å²) < 4.78 is 1.96. The fraction of sp³-hybridized carbons (Fsp3) is 0.300. The highest BCUT2D eigenvalue weighted by atomic mass is 32.1. The summed E-state index contributed by atoms with van der Waals surface area (Å²) in [6.07, 6.45) is 3.44. The Morgan fingerprint density at radius 2 is 2.47 bits per heavy atom. The van der Waals surface area contributed by atoms with E-state index in [1.165, 1.54) is 5.56 Å². The van der Waals surface area contributed by atoms with E-state index in [0.29, 0.717) is 0 Å². The van der Waals surface area contributed by atoms with Gasteiger partial charge in [0.2, 0.25) is 0 Å². The number of thiophene rings is 1. The molecule has 0 spiro atoms. The molecule has 2 aromatic heterocycles. The standard InChI is InChI=1S/C10H13N3OS/c11-9(5-14)10-3-12-7-13(10)4-8-1-2-15-6-8/h1-3,6-7,9,14H,4-5,11H2. The van der Waals surface area contributed by atoms with Gasteiger partial charge in [0.25, 0.3) is 0 Å². The number of aliphatic hydroxyl groups is 1. The van der Waals surface area contributed by atoms with Gasteiger partial charge in [0.1, 0.15) is 0 Å². The van der Waals surface area contributed by atoms with Gasteiger partial charge in [-0.2, -0.15) is 11.3 Å². The highest BCUT2D eigenvalue weighted by Gasteiger charge is 2.10. The SMILES string of the molecule is NC(CO)c1cncn1Cc1ccsc1. The van der Waals surface area contributed by atoms with E-state index >= 15 is 0 Å². The predicted octanol–water partition coefficient (Wildman–Crippen LogP) is 0.985. The van der Waals surface area contributed by atoms with E-state index in [1.807, 2.05) is 9.95 Å². The van der Waals surface area contributed by atoms with Gasteiger partial charge in [0.05, 0.1) is 24.7 Å². The lowest BCUT2D eigenvalue weighted by Gasteiger charge is -2.11. The molecule has 1 unspecified atom stereocenters. The van der Waals surface area contributed by atoms with Crippen molar-refractivity contribution in [3.8, 4) is 0 Å². The average Bonchev–Trinajstić information content (AvgIpc) is 2.88. The molecule has 5 heteroatoms. The monoisotopic (exact) mass is 223 g/mol. The summed E-state index contributed by atoms with van der Waals surface area (Å²) in [5.74, 6) is 0. The lowest BCUT2D eigenvalue weighted by Crippen LogP contribution is -2.18. The molecule has 2 heterocycles. The van der Waals surface area contributed by atoms with Crippen molar-refractivity contribution < 1.29 is 5.11 Å². The van der Waals surface area contributed by atoms with Crippen LogP contribution >= 0.6 is 11.3 Å². The van der Waals surface area contributed by atoms with E-state index in [-0.39, 0.29) is 12.6 Å². The summed E-state index contributed by atoms with van der Waals surface area (Å²) in [5.41, 5.74) is 7.85. The van der Waals surface area contributed by atoms with Gasteiger partial charge in [-0.3, -0.25) is 0 Å². The molecule has 0 amide bonds. The number of imidazole rings is 1. The van der Waals surface area contributed by atoms with E-state index in [0.717, 1.165) is 12.2 Å². The van der Waals surface area contributed by atoms with Gasteiger partial charge in [-0.1, -0.05) is 0 Å². The molecule has 2 rings (SSSR count). The van der Waals surface area contributed by atoms with Crippen molar-refractivity contribution in [2.24, 2.45) is 5.73 Å². The maximum atomic E-state index is 8.99. The molecule has 0 aliphatic carbocycles. The maximum absolute atomic E-state index is 8.99. The van der Waals surface area contributed by atoms with Crippen molar-refractivity contribution in [2.75, 3.05) is 6.61 Å². The van der Waals surface area contributed by atoms with Crippen molar-refractivity contribution in [3.05, 3.63) is 40.6 Å². The Kier molecular flexibility index (Phi) is 3.15. The van der Waals surface area contributed by atoms with Crippen LogP contribution in [0.1, 0.15) is 17.3 Å². The van der Waals surface area contributed by atoms with E-state index in [1.54, 1.807) is 23.9 Å². The molecule has 0 saturated heterocycles. The van der Waals surface area contributed by atoms with Crippen molar-refractivity contribution in [1.29, 1.82) is 0 Å². The number of hydrogen-bond donors (Lipinski definition) is 2. The number of nitrogens with zero attached hydrogens (tertiary/aromatic N) is 2. The molecule has 3 N–H and O–H groups in total. The topological polar surface area (TPSA) is 64.1 Å². The molecular weight excluding hydrogens is 210 g/mol. The number of rotatable bonds is 4. The fourth-order valence-corrected chi connectivity index (χ4v) is 2.10. The minimum Gasteiger partial charge on any atom is -0.394 e. The second-order valence-corrected chi connectivity index (χ2v) is 4.15. The van der Waals surface area contributed by atoms with Crippen molar-refractivity contribution in [2.45, 2.75) is 12.6 Å². The first-order valence-corrected chi connectivity index (χ1v) is 5.63. The zero-order valence-corrected chi connectivity index (χ0v) is 9.02. The van der Waals surface area contributed by atoms with Gasteiger partial charge >= 0.3 is 0 Å². The minimum absolute atomic E-state index is 0.0602. The van der Waals surface area contributed by atoms with E-state index < -0.39 is 0 Å². The summed E-state index contributed by atoms with van der Waals surface area (Å²) in [6, 6.07) is 1.71. The predicted molar refractivity (Wildman–Crippen MR) is 59.7 cm³/mol. The molecule has 4 nitrogen and oxygen atoms in total. The Hall–Kier alpha value is -1.17. The molecule has 0 radical (unpaired) electrons. The van der Waals surface area contributed by atoms with Gasteiger partial charge in [0, 0.05) is 12.7 Å². The summed E-state index contributed by atoms with van der Waals surface area (Å²) >= 11 is 1.67. The fourth-order valence-electron chi connectivity index (χ4n) is 1.44. The zero-order chi connectivity index (χ0) is 10.7. The van der Waals surface area contributed by atoms with Crippen LogP contribution in [0.25, 0.3) is 0 Å². The summed E-state index contributed by atoms with van der Waals surface area (Å²) in [7, 11) is 0. The van der Waals surface area contributed by atoms with Crippen LogP contribution < -0.4 is 5.73 Å². The summed E-state index contributed by atoms with van der Waals surface area (Å²) in [6.45, 7) is 0.696. The second kappa shape index (κ2) is 4.57. The van der Waals surface area contributed by atoms with Gasteiger partial charge in [-0.25, -0.2) is 4.98 Å². The maximum Gasteiger partial charge on any atom is 0.0951 e. The van der Waals surface area contributed by atoms with Crippen LogP contribution in [0.4, 0.5) is 0 Å². The molecule has 0 fully saturated rings. The molecule has 2 aromatic rings. The zero-order valence-electron chi connectivity index (χ0n) is 8.21. The third-order valence-electron chi connectivity index (χ3n) is 2.25. The number of nitrogens with two attached hydrogens (primary N) is 1.